The van der Waals surface area contributed by atoms with Gasteiger partial charge in [0.15, 0.2) is 0 Å². The molecule has 1 aromatic heterocycles. The van der Waals surface area contributed by atoms with Crippen LogP contribution in [0, 0.1) is 0 Å². The Hall–Kier alpha value is -0.880. The van der Waals surface area contributed by atoms with Gasteiger partial charge < -0.3 is 14.8 Å². The Bertz CT molecular complexity index is 447. The number of aromatic amines is 1. The van der Waals surface area contributed by atoms with Crippen molar-refractivity contribution in [3.8, 4) is 0 Å². The van der Waals surface area contributed by atoms with Gasteiger partial charge >= 0.3 is 0 Å². The lowest BCUT2D eigenvalue weighted by Gasteiger charge is -2.36. The predicted octanol–water partition coefficient (Wildman–Crippen LogP) is 1.06. The molecule has 5 nitrogen and oxygen atoms in total. The van der Waals surface area contributed by atoms with Crippen molar-refractivity contribution in [2.75, 3.05) is 32.1 Å². The molecule has 94 valence electrons. The Kier molecular flexibility index (Phi) is 3.83. The van der Waals surface area contributed by atoms with Crippen LogP contribution in [0.25, 0.3) is 0 Å². The topological polar surface area (TPSA) is 52.2 Å². The van der Waals surface area contributed by atoms with Crippen LogP contribution in [-0.2, 0) is 0 Å². The lowest BCUT2D eigenvalue weighted by atomic mass is 10.1. The number of nitrogens with zero attached hydrogens (tertiary/aromatic N) is 3. The summed E-state index contributed by atoms with van der Waals surface area (Å²) in [5.74, 6) is 0.717. The molecule has 1 aliphatic rings. The van der Waals surface area contributed by atoms with Crippen molar-refractivity contribution in [2.45, 2.75) is 18.9 Å². The average molecular weight is 301 g/mol. The van der Waals surface area contributed by atoms with E-state index in [9.17, 15) is 4.79 Å². The molecule has 0 bridgehead atoms. The first-order valence-electron chi connectivity index (χ1n) is 5.74. The molecular formula is C11H17BrN4O. The zero-order valence-corrected chi connectivity index (χ0v) is 11.7. The summed E-state index contributed by atoms with van der Waals surface area (Å²) >= 11 is 3.30. The number of rotatable bonds is 2. The molecule has 0 spiro atoms. The van der Waals surface area contributed by atoms with Crippen LogP contribution in [0.2, 0.25) is 0 Å². The van der Waals surface area contributed by atoms with Crippen molar-refractivity contribution in [3.63, 3.8) is 0 Å². The van der Waals surface area contributed by atoms with E-state index in [2.05, 4.69) is 42.7 Å². The predicted molar refractivity (Wildman–Crippen MR) is 71.5 cm³/mol. The van der Waals surface area contributed by atoms with E-state index < -0.39 is 0 Å². The number of halogens is 1. The van der Waals surface area contributed by atoms with Crippen LogP contribution in [-0.4, -0.2) is 48.1 Å². The summed E-state index contributed by atoms with van der Waals surface area (Å²) in [4.78, 5) is 22.7. The van der Waals surface area contributed by atoms with Gasteiger partial charge in [-0.05, 0) is 42.4 Å². The molecule has 0 radical (unpaired) electrons. The summed E-state index contributed by atoms with van der Waals surface area (Å²) in [5, 5.41) is 0. The maximum atomic E-state index is 11.5. The molecule has 1 saturated heterocycles. The fourth-order valence-corrected chi connectivity index (χ4v) is 2.74. The molecule has 0 amide bonds. The van der Waals surface area contributed by atoms with Gasteiger partial charge in [0.1, 0.15) is 10.3 Å². The minimum Gasteiger partial charge on any atom is -0.354 e. The van der Waals surface area contributed by atoms with Gasteiger partial charge in [0, 0.05) is 19.6 Å². The van der Waals surface area contributed by atoms with Gasteiger partial charge in [-0.25, -0.2) is 4.98 Å². The van der Waals surface area contributed by atoms with Crippen LogP contribution in [0.3, 0.4) is 0 Å². The SMILES string of the molecule is CN1CCCC(N(C)c2nc[nH]c(=O)c2Br)C1. The Balaban J connectivity index is 2.21. The van der Waals surface area contributed by atoms with Crippen LogP contribution in [0.4, 0.5) is 5.82 Å². The minimum atomic E-state index is -0.133. The third-order valence-electron chi connectivity index (χ3n) is 3.26. The van der Waals surface area contributed by atoms with Gasteiger partial charge in [0.2, 0.25) is 0 Å². The average Bonchev–Trinajstić information content (AvgIpc) is 2.32. The molecule has 6 heteroatoms. The lowest BCUT2D eigenvalue weighted by Crippen LogP contribution is -2.45. The van der Waals surface area contributed by atoms with Crippen LogP contribution in [0.1, 0.15) is 12.8 Å². The van der Waals surface area contributed by atoms with E-state index >= 15 is 0 Å². The Morgan fingerprint density at radius 3 is 3.12 bits per heavy atom. The van der Waals surface area contributed by atoms with Gasteiger partial charge in [-0.15, -0.1) is 0 Å². The number of nitrogens with one attached hydrogen (secondary N) is 1. The molecule has 1 unspecified atom stereocenters. The molecule has 2 heterocycles. The quantitative estimate of drug-likeness (QED) is 0.887. The van der Waals surface area contributed by atoms with E-state index in [4.69, 9.17) is 0 Å². The fourth-order valence-electron chi connectivity index (χ4n) is 2.25. The van der Waals surface area contributed by atoms with E-state index in [0.717, 1.165) is 19.5 Å². The van der Waals surface area contributed by atoms with Crippen molar-refractivity contribution in [3.05, 3.63) is 21.2 Å². The Labute approximate surface area is 109 Å². The van der Waals surface area contributed by atoms with Crippen molar-refractivity contribution in [1.29, 1.82) is 0 Å². The first-order chi connectivity index (χ1) is 8.09. The van der Waals surface area contributed by atoms with Gasteiger partial charge in [-0.3, -0.25) is 4.79 Å². The zero-order valence-electron chi connectivity index (χ0n) is 10.1. The fraction of sp³-hybridized carbons (Fsp3) is 0.636. The molecule has 1 aliphatic heterocycles. The van der Waals surface area contributed by atoms with E-state index in [1.165, 1.54) is 12.7 Å². The number of likely N-dealkylation sites (N-methyl/N-ethyl adjacent to an activating group) is 2. The molecule has 1 fully saturated rings. The second kappa shape index (κ2) is 5.18. The molecule has 1 aromatic rings. The van der Waals surface area contributed by atoms with Crippen LogP contribution in [0.15, 0.2) is 15.6 Å². The summed E-state index contributed by atoms with van der Waals surface area (Å²) in [6, 6.07) is 0.416. The summed E-state index contributed by atoms with van der Waals surface area (Å²) < 4.78 is 0.510. The van der Waals surface area contributed by atoms with Crippen molar-refractivity contribution in [2.24, 2.45) is 0 Å². The molecule has 0 aromatic carbocycles. The maximum absolute atomic E-state index is 11.5. The molecule has 0 aliphatic carbocycles. The van der Waals surface area contributed by atoms with Gasteiger partial charge in [0.25, 0.3) is 5.56 Å². The van der Waals surface area contributed by atoms with Crippen molar-refractivity contribution in [1.82, 2.24) is 14.9 Å². The summed E-state index contributed by atoms with van der Waals surface area (Å²) in [6.45, 7) is 2.16. The molecular weight excluding hydrogens is 284 g/mol. The minimum absolute atomic E-state index is 0.133. The number of H-pyrrole nitrogens is 1. The highest BCUT2D eigenvalue weighted by atomic mass is 79.9. The summed E-state index contributed by atoms with van der Waals surface area (Å²) in [6.07, 6.45) is 3.78. The van der Waals surface area contributed by atoms with Crippen molar-refractivity contribution < 1.29 is 0 Å². The first kappa shape index (κ1) is 12.6. The maximum Gasteiger partial charge on any atom is 0.267 e. The normalized spacial score (nSPS) is 21.5. The number of hydrogen-bond acceptors (Lipinski definition) is 4. The van der Waals surface area contributed by atoms with Crippen LogP contribution < -0.4 is 10.5 Å². The van der Waals surface area contributed by atoms with Gasteiger partial charge in [0.05, 0.1) is 6.33 Å². The molecule has 1 N–H and O–H groups in total. The second-order valence-corrected chi connectivity index (χ2v) is 5.33. The van der Waals surface area contributed by atoms with Crippen LogP contribution in [0.5, 0.6) is 0 Å². The molecule has 17 heavy (non-hydrogen) atoms. The number of hydrogen-bond donors (Lipinski definition) is 1. The van der Waals surface area contributed by atoms with Crippen molar-refractivity contribution >= 4 is 21.7 Å². The van der Waals surface area contributed by atoms with Gasteiger partial charge in [-0.1, -0.05) is 0 Å². The number of piperidine rings is 1. The molecule has 0 saturated carbocycles. The third kappa shape index (κ3) is 2.69. The standard InChI is InChI=1S/C11H17BrN4O/c1-15-5-3-4-8(6-15)16(2)10-9(12)11(17)14-7-13-10/h7-8H,3-6H2,1-2H3,(H,13,14,17). The Morgan fingerprint density at radius 2 is 2.41 bits per heavy atom. The highest BCUT2D eigenvalue weighted by molar-refractivity contribution is 9.10. The summed E-state index contributed by atoms with van der Waals surface area (Å²) in [5.41, 5.74) is -0.133. The lowest BCUT2D eigenvalue weighted by molar-refractivity contribution is 0.247. The third-order valence-corrected chi connectivity index (χ3v) is 3.97. The second-order valence-electron chi connectivity index (χ2n) is 4.54. The number of anilines is 1. The highest BCUT2D eigenvalue weighted by Gasteiger charge is 2.23. The molecule has 1 atom stereocenters. The van der Waals surface area contributed by atoms with Crippen LogP contribution >= 0.6 is 15.9 Å². The molecule has 2 rings (SSSR count). The Morgan fingerprint density at radius 1 is 1.65 bits per heavy atom. The van der Waals surface area contributed by atoms with Gasteiger partial charge in [-0.2, -0.15) is 0 Å². The largest absolute Gasteiger partial charge is 0.354 e. The smallest absolute Gasteiger partial charge is 0.267 e. The highest BCUT2D eigenvalue weighted by Crippen LogP contribution is 2.23. The first-order valence-corrected chi connectivity index (χ1v) is 6.53. The zero-order chi connectivity index (χ0) is 12.4. The number of likely N-dealkylation sites (tertiary alicyclic amines) is 1. The van der Waals surface area contributed by atoms with E-state index in [1.807, 2.05) is 7.05 Å². The van der Waals surface area contributed by atoms with E-state index in [-0.39, 0.29) is 5.56 Å². The number of aromatic nitrogens is 2. The monoisotopic (exact) mass is 300 g/mol. The van der Waals surface area contributed by atoms with E-state index in [1.54, 1.807) is 0 Å². The summed E-state index contributed by atoms with van der Waals surface area (Å²) in [7, 11) is 4.12. The van der Waals surface area contributed by atoms with E-state index in [0.29, 0.717) is 16.3 Å².